The number of nitrogens with one attached hydrogen (secondary N) is 1. The van der Waals surface area contributed by atoms with Crippen molar-refractivity contribution >= 4 is 29.9 Å². The Bertz CT molecular complexity index is 646. The third-order valence-electron chi connectivity index (χ3n) is 3.90. The van der Waals surface area contributed by atoms with Crippen LogP contribution in [-0.2, 0) is 13.0 Å². The highest BCUT2D eigenvalue weighted by Crippen LogP contribution is 2.13. The number of rotatable bonds is 7. The lowest BCUT2D eigenvalue weighted by Crippen LogP contribution is -2.38. The van der Waals surface area contributed by atoms with Gasteiger partial charge in [0.1, 0.15) is 5.75 Å². The number of hydrogen-bond donors (Lipinski definition) is 1. The molecule has 2 rings (SSSR count). The van der Waals surface area contributed by atoms with Gasteiger partial charge < -0.3 is 15.0 Å². The van der Waals surface area contributed by atoms with Gasteiger partial charge in [-0.15, -0.1) is 24.0 Å². The number of hydrogen-bond acceptors (Lipinski definition) is 2. The molecule has 0 aliphatic heterocycles. The SMILES string of the molecule is CN=C(NCCCc1cccc(OC)c1)N(C)Cc1ccccc1.I. The van der Waals surface area contributed by atoms with E-state index in [1.54, 1.807) is 7.11 Å². The Balaban J connectivity index is 0.00000312. The van der Waals surface area contributed by atoms with Crippen molar-refractivity contribution in [3.05, 3.63) is 65.7 Å². The molecular weight excluding hydrogens is 425 g/mol. The first-order valence-electron chi connectivity index (χ1n) is 8.31. The molecule has 0 saturated heterocycles. The predicted octanol–water partition coefficient (Wildman–Crippen LogP) is 3.95. The summed E-state index contributed by atoms with van der Waals surface area (Å²) in [4.78, 5) is 6.51. The van der Waals surface area contributed by atoms with Gasteiger partial charge in [0, 0.05) is 27.2 Å². The van der Waals surface area contributed by atoms with Crippen molar-refractivity contribution < 1.29 is 4.74 Å². The average molecular weight is 453 g/mol. The van der Waals surface area contributed by atoms with Crippen LogP contribution in [0.1, 0.15) is 17.5 Å². The first-order valence-corrected chi connectivity index (χ1v) is 8.31. The highest BCUT2D eigenvalue weighted by Gasteiger charge is 2.06. The number of aryl methyl sites for hydroxylation is 1. The number of benzene rings is 2. The van der Waals surface area contributed by atoms with Crippen LogP contribution in [0.25, 0.3) is 0 Å². The fourth-order valence-corrected chi connectivity index (χ4v) is 2.64. The molecule has 0 aromatic heterocycles. The summed E-state index contributed by atoms with van der Waals surface area (Å²) in [5.41, 5.74) is 2.57. The molecule has 0 bridgehead atoms. The molecule has 5 heteroatoms. The van der Waals surface area contributed by atoms with E-state index < -0.39 is 0 Å². The third-order valence-corrected chi connectivity index (χ3v) is 3.90. The van der Waals surface area contributed by atoms with Crippen molar-refractivity contribution in [2.45, 2.75) is 19.4 Å². The Kier molecular flexibility index (Phi) is 9.99. The molecule has 0 aliphatic rings. The molecule has 0 radical (unpaired) electrons. The van der Waals surface area contributed by atoms with E-state index in [0.29, 0.717) is 0 Å². The summed E-state index contributed by atoms with van der Waals surface area (Å²) in [5.74, 6) is 1.84. The Morgan fingerprint density at radius 3 is 2.48 bits per heavy atom. The summed E-state index contributed by atoms with van der Waals surface area (Å²) >= 11 is 0. The van der Waals surface area contributed by atoms with E-state index in [9.17, 15) is 0 Å². The molecule has 4 nitrogen and oxygen atoms in total. The molecule has 0 atom stereocenters. The van der Waals surface area contributed by atoms with E-state index in [0.717, 1.165) is 37.6 Å². The van der Waals surface area contributed by atoms with Crippen LogP contribution in [0.2, 0.25) is 0 Å². The highest BCUT2D eigenvalue weighted by molar-refractivity contribution is 14.0. The summed E-state index contributed by atoms with van der Waals surface area (Å²) in [6.45, 7) is 1.74. The van der Waals surface area contributed by atoms with Crippen molar-refractivity contribution in [3.63, 3.8) is 0 Å². The zero-order chi connectivity index (χ0) is 17.2. The second kappa shape index (κ2) is 11.7. The van der Waals surface area contributed by atoms with Crippen molar-refractivity contribution in [1.29, 1.82) is 0 Å². The smallest absolute Gasteiger partial charge is 0.193 e. The zero-order valence-corrected chi connectivity index (χ0v) is 17.6. The maximum atomic E-state index is 5.26. The van der Waals surface area contributed by atoms with E-state index >= 15 is 0 Å². The van der Waals surface area contributed by atoms with Gasteiger partial charge >= 0.3 is 0 Å². The number of nitrogens with zero attached hydrogens (tertiary/aromatic N) is 2. The third kappa shape index (κ3) is 7.34. The lowest BCUT2D eigenvalue weighted by Gasteiger charge is -2.22. The molecular formula is C20H28IN3O. The molecule has 0 unspecified atom stereocenters. The van der Waals surface area contributed by atoms with Crippen LogP contribution >= 0.6 is 24.0 Å². The summed E-state index contributed by atoms with van der Waals surface area (Å²) < 4.78 is 5.26. The van der Waals surface area contributed by atoms with Crippen molar-refractivity contribution in [1.82, 2.24) is 10.2 Å². The first kappa shape index (κ1) is 21.3. The van der Waals surface area contributed by atoms with Crippen LogP contribution in [0, 0.1) is 0 Å². The number of guanidine groups is 1. The van der Waals surface area contributed by atoms with Gasteiger partial charge in [0.15, 0.2) is 5.96 Å². The Hall–Kier alpha value is -1.76. The fraction of sp³-hybridized carbons (Fsp3) is 0.350. The normalized spacial score (nSPS) is 10.8. The van der Waals surface area contributed by atoms with Gasteiger partial charge in [-0.3, -0.25) is 4.99 Å². The van der Waals surface area contributed by atoms with Gasteiger partial charge in [0.05, 0.1) is 7.11 Å². The average Bonchev–Trinajstić information content (AvgIpc) is 2.62. The van der Waals surface area contributed by atoms with E-state index in [-0.39, 0.29) is 24.0 Å². The highest BCUT2D eigenvalue weighted by atomic mass is 127. The molecule has 2 aromatic carbocycles. The van der Waals surface area contributed by atoms with Crippen molar-refractivity contribution in [3.8, 4) is 5.75 Å². The van der Waals surface area contributed by atoms with Gasteiger partial charge in [-0.1, -0.05) is 42.5 Å². The summed E-state index contributed by atoms with van der Waals surface area (Å²) in [6, 6.07) is 18.7. The van der Waals surface area contributed by atoms with Crippen molar-refractivity contribution in [2.24, 2.45) is 4.99 Å². The van der Waals surface area contributed by atoms with E-state index in [2.05, 4.69) is 58.7 Å². The Morgan fingerprint density at radius 1 is 1.08 bits per heavy atom. The van der Waals surface area contributed by atoms with Crippen LogP contribution in [0.15, 0.2) is 59.6 Å². The summed E-state index contributed by atoms with van der Waals surface area (Å²) in [7, 11) is 5.59. The summed E-state index contributed by atoms with van der Waals surface area (Å²) in [6.07, 6.45) is 2.06. The van der Waals surface area contributed by atoms with Crippen LogP contribution in [0.3, 0.4) is 0 Å². The largest absolute Gasteiger partial charge is 0.497 e. The zero-order valence-electron chi connectivity index (χ0n) is 15.2. The number of methoxy groups -OCH3 is 1. The second-order valence-corrected chi connectivity index (χ2v) is 5.77. The monoisotopic (exact) mass is 453 g/mol. The van der Waals surface area contributed by atoms with Gasteiger partial charge in [-0.25, -0.2) is 0 Å². The van der Waals surface area contributed by atoms with E-state index in [1.165, 1.54) is 11.1 Å². The Labute approximate surface area is 168 Å². The number of halogens is 1. The van der Waals surface area contributed by atoms with Crippen LogP contribution in [-0.4, -0.2) is 38.6 Å². The number of aliphatic imine (C=N–C) groups is 1. The van der Waals surface area contributed by atoms with Crippen molar-refractivity contribution in [2.75, 3.05) is 27.7 Å². The lowest BCUT2D eigenvalue weighted by molar-refractivity contribution is 0.414. The van der Waals surface area contributed by atoms with Gasteiger partial charge in [-0.05, 0) is 36.1 Å². The molecule has 0 amide bonds. The minimum atomic E-state index is 0. The minimum absolute atomic E-state index is 0. The maximum absolute atomic E-state index is 5.26. The molecule has 136 valence electrons. The van der Waals surface area contributed by atoms with Crippen LogP contribution in [0.5, 0.6) is 5.75 Å². The molecule has 25 heavy (non-hydrogen) atoms. The molecule has 0 heterocycles. The number of ether oxygens (including phenoxy) is 1. The Morgan fingerprint density at radius 2 is 1.80 bits per heavy atom. The molecule has 1 N–H and O–H groups in total. The molecule has 0 fully saturated rings. The lowest BCUT2D eigenvalue weighted by atomic mass is 10.1. The standard InChI is InChI=1S/C20H27N3O.HI/c1-21-20(23(2)16-18-9-5-4-6-10-18)22-14-8-12-17-11-7-13-19(15-17)24-3;/h4-7,9-11,13,15H,8,12,14,16H2,1-3H3,(H,21,22);1H. The minimum Gasteiger partial charge on any atom is -0.497 e. The maximum Gasteiger partial charge on any atom is 0.193 e. The molecule has 0 aliphatic carbocycles. The second-order valence-electron chi connectivity index (χ2n) is 5.77. The first-order chi connectivity index (χ1) is 11.7. The van der Waals surface area contributed by atoms with Crippen LogP contribution in [0.4, 0.5) is 0 Å². The molecule has 0 spiro atoms. The predicted molar refractivity (Wildman–Crippen MR) is 116 cm³/mol. The van der Waals surface area contributed by atoms with E-state index in [1.807, 2.05) is 25.2 Å². The van der Waals surface area contributed by atoms with Crippen LogP contribution < -0.4 is 10.1 Å². The van der Waals surface area contributed by atoms with Gasteiger partial charge in [-0.2, -0.15) is 0 Å². The van der Waals surface area contributed by atoms with Gasteiger partial charge in [0.25, 0.3) is 0 Å². The summed E-state index contributed by atoms with van der Waals surface area (Å²) in [5, 5.41) is 3.43. The molecule has 2 aromatic rings. The topological polar surface area (TPSA) is 36.9 Å². The fourth-order valence-electron chi connectivity index (χ4n) is 2.64. The van der Waals surface area contributed by atoms with Gasteiger partial charge in [0.2, 0.25) is 0 Å². The quantitative estimate of drug-likeness (QED) is 0.299. The van der Waals surface area contributed by atoms with E-state index in [4.69, 9.17) is 4.74 Å². The molecule has 0 saturated carbocycles.